The monoisotopic (exact) mass is 249 g/mol. The van der Waals surface area contributed by atoms with Gasteiger partial charge >= 0.3 is 0 Å². The number of carbonyl (C=O) groups is 1. The third kappa shape index (κ3) is 2.48. The molecule has 4 nitrogen and oxygen atoms in total. The van der Waals surface area contributed by atoms with Crippen molar-refractivity contribution in [3.8, 4) is 5.75 Å². The molecule has 1 unspecified atom stereocenters. The van der Waals surface area contributed by atoms with E-state index in [1.807, 2.05) is 26.0 Å². The second-order valence-corrected chi connectivity index (χ2v) is 4.56. The maximum Gasteiger partial charge on any atom is 0.253 e. The molecule has 18 heavy (non-hydrogen) atoms. The van der Waals surface area contributed by atoms with Gasteiger partial charge in [0.25, 0.3) is 5.91 Å². The van der Waals surface area contributed by atoms with Gasteiger partial charge in [0.1, 0.15) is 11.9 Å². The molecule has 1 N–H and O–H groups in total. The molecule has 0 aromatic heterocycles. The third-order valence-electron chi connectivity index (χ3n) is 3.44. The van der Waals surface area contributed by atoms with Crippen LogP contribution < -0.4 is 10.1 Å². The van der Waals surface area contributed by atoms with Gasteiger partial charge in [0.05, 0.1) is 7.11 Å². The first-order valence-corrected chi connectivity index (χ1v) is 6.20. The molecule has 1 heterocycles. The van der Waals surface area contributed by atoms with Crippen LogP contribution in [0.4, 0.5) is 5.69 Å². The molecule has 1 aromatic carbocycles. The van der Waals surface area contributed by atoms with Crippen molar-refractivity contribution >= 4 is 11.6 Å². The first kappa shape index (κ1) is 12.9. The number of ether oxygens (including phenoxy) is 2. The Hall–Kier alpha value is -1.55. The molecular weight excluding hydrogens is 230 g/mol. The number of anilines is 1. The Morgan fingerprint density at radius 3 is 2.78 bits per heavy atom. The molecule has 1 amide bonds. The van der Waals surface area contributed by atoms with E-state index in [1.165, 1.54) is 0 Å². The molecule has 1 aliphatic heterocycles. The van der Waals surface area contributed by atoms with Crippen molar-refractivity contribution in [2.24, 2.45) is 0 Å². The highest BCUT2D eigenvalue weighted by Crippen LogP contribution is 2.27. The number of methoxy groups -OCH3 is 1. The lowest BCUT2D eigenvalue weighted by Gasteiger charge is -2.15. The molecule has 0 radical (unpaired) electrons. The van der Waals surface area contributed by atoms with E-state index in [1.54, 1.807) is 7.11 Å². The van der Waals surface area contributed by atoms with Gasteiger partial charge in [-0.1, -0.05) is 0 Å². The van der Waals surface area contributed by atoms with Crippen LogP contribution in [0.25, 0.3) is 0 Å². The number of hydrogen-bond acceptors (Lipinski definition) is 3. The Balaban J connectivity index is 2.14. The highest BCUT2D eigenvalue weighted by Gasteiger charge is 2.24. The van der Waals surface area contributed by atoms with Crippen LogP contribution in [0.5, 0.6) is 5.75 Å². The van der Waals surface area contributed by atoms with E-state index in [-0.39, 0.29) is 12.0 Å². The van der Waals surface area contributed by atoms with E-state index in [4.69, 9.17) is 9.47 Å². The summed E-state index contributed by atoms with van der Waals surface area (Å²) in [7, 11) is 1.65. The van der Waals surface area contributed by atoms with E-state index < -0.39 is 0 Å². The Labute approximate surface area is 107 Å². The number of rotatable bonds is 3. The van der Waals surface area contributed by atoms with Crippen LogP contribution in [-0.2, 0) is 9.53 Å². The van der Waals surface area contributed by atoms with Crippen molar-refractivity contribution < 1.29 is 14.3 Å². The van der Waals surface area contributed by atoms with Crippen LogP contribution in [0.2, 0.25) is 0 Å². The largest absolute Gasteiger partial charge is 0.496 e. The lowest BCUT2D eigenvalue weighted by Crippen LogP contribution is -2.27. The molecule has 0 bridgehead atoms. The van der Waals surface area contributed by atoms with Crippen LogP contribution >= 0.6 is 0 Å². The summed E-state index contributed by atoms with van der Waals surface area (Å²) in [4.78, 5) is 12.0. The molecule has 1 saturated heterocycles. The quantitative estimate of drug-likeness (QED) is 0.895. The Morgan fingerprint density at radius 1 is 1.39 bits per heavy atom. The minimum absolute atomic E-state index is 0.0554. The van der Waals surface area contributed by atoms with Crippen molar-refractivity contribution in [2.45, 2.75) is 32.8 Å². The number of carbonyl (C=O) groups excluding carboxylic acids is 1. The van der Waals surface area contributed by atoms with Crippen molar-refractivity contribution in [1.29, 1.82) is 0 Å². The third-order valence-corrected chi connectivity index (χ3v) is 3.44. The Bertz CT molecular complexity index is 451. The zero-order chi connectivity index (χ0) is 13.1. The number of benzene rings is 1. The van der Waals surface area contributed by atoms with Crippen LogP contribution in [0.15, 0.2) is 12.1 Å². The van der Waals surface area contributed by atoms with E-state index in [0.717, 1.165) is 35.4 Å². The van der Waals surface area contributed by atoms with Crippen molar-refractivity contribution in [3.05, 3.63) is 23.3 Å². The van der Waals surface area contributed by atoms with Gasteiger partial charge in [0, 0.05) is 12.3 Å². The number of hydrogen-bond donors (Lipinski definition) is 1. The van der Waals surface area contributed by atoms with Crippen LogP contribution in [0, 0.1) is 13.8 Å². The van der Waals surface area contributed by atoms with Gasteiger partial charge in [-0.25, -0.2) is 0 Å². The zero-order valence-corrected chi connectivity index (χ0v) is 11.1. The zero-order valence-electron chi connectivity index (χ0n) is 11.1. The van der Waals surface area contributed by atoms with Crippen molar-refractivity contribution in [2.75, 3.05) is 19.0 Å². The summed E-state index contributed by atoms with van der Waals surface area (Å²) in [6, 6.07) is 3.74. The average molecular weight is 249 g/mol. The van der Waals surface area contributed by atoms with E-state index >= 15 is 0 Å². The standard InChI is InChI=1S/C14H19NO3/c1-9-10(2)12(17-3)7-6-11(9)15-14(16)13-5-4-8-18-13/h6-7,13H,4-5,8H2,1-3H3,(H,15,16). The summed E-state index contributed by atoms with van der Waals surface area (Å²) in [5.74, 6) is 0.780. The molecule has 1 atom stereocenters. The fourth-order valence-electron chi connectivity index (χ4n) is 2.15. The number of amides is 1. The summed E-state index contributed by atoms with van der Waals surface area (Å²) in [5, 5.41) is 2.92. The Morgan fingerprint density at radius 2 is 2.17 bits per heavy atom. The second kappa shape index (κ2) is 5.40. The summed E-state index contributed by atoms with van der Waals surface area (Å²) in [6.07, 6.45) is 1.46. The summed E-state index contributed by atoms with van der Waals surface area (Å²) >= 11 is 0. The van der Waals surface area contributed by atoms with Crippen LogP contribution in [-0.4, -0.2) is 25.7 Å². The maximum absolute atomic E-state index is 12.0. The fourth-order valence-corrected chi connectivity index (χ4v) is 2.15. The average Bonchev–Trinajstić information content (AvgIpc) is 2.89. The molecule has 0 saturated carbocycles. The normalized spacial score (nSPS) is 18.7. The molecule has 4 heteroatoms. The molecule has 1 fully saturated rings. The highest BCUT2D eigenvalue weighted by atomic mass is 16.5. The maximum atomic E-state index is 12.0. The predicted octanol–water partition coefficient (Wildman–Crippen LogP) is 2.43. The molecule has 98 valence electrons. The van der Waals surface area contributed by atoms with Gasteiger partial charge in [0.2, 0.25) is 0 Å². The van der Waals surface area contributed by atoms with E-state index in [0.29, 0.717) is 6.61 Å². The SMILES string of the molecule is COc1ccc(NC(=O)C2CCCO2)c(C)c1C. The van der Waals surface area contributed by atoms with Gasteiger partial charge in [-0.15, -0.1) is 0 Å². The van der Waals surface area contributed by atoms with E-state index in [9.17, 15) is 4.79 Å². The second-order valence-electron chi connectivity index (χ2n) is 4.56. The van der Waals surface area contributed by atoms with Gasteiger partial charge < -0.3 is 14.8 Å². The first-order valence-electron chi connectivity index (χ1n) is 6.20. The topological polar surface area (TPSA) is 47.6 Å². The first-order chi connectivity index (χ1) is 8.63. The summed E-state index contributed by atoms with van der Waals surface area (Å²) in [6.45, 7) is 4.64. The van der Waals surface area contributed by atoms with Gasteiger partial charge in [0.15, 0.2) is 0 Å². The molecule has 1 aromatic rings. The molecule has 0 spiro atoms. The lowest BCUT2D eigenvalue weighted by atomic mass is 10.1. The number of nitrogens with one attached hydrogen (secondary N) is 1. The van der Waals surface area contributed by atoms with Gasteiger partial charge in [-0.2, -0.15) is 0 Å². The fraction of sp³-hybridized carbons (Fsp3) is 0.500. The highest BCUT2D eigenvalue weighted by molar-refractivity contribution is 5.95. The molecular formula is C14H19NO3. The minimum atomic E-state index is -0.299. The van der Waals surface area contributed by atoms with Gasteiger partial charge in [-0.3, -0.25) is 4.79 Å². The smallest absolute Gasteiger partial charge is 0.253 e. The van der Waals surface area contributed by atoms with Crippen LogP contribution in [0.3, 0.4) is 0 Å². The lowest BCUT2D eigenvalue weighted by molar-refractivity contribution is -0.124. The molecule has 0 aliphatic carbocycles. The van der Waals surface area contributed by atoms with Gasteiger partial charge in [-0.05, 0) is 49.9 Å². The van der Waals surface area contributed by atoms with Crippen LogP contribution in [0.1, 0.15) is 24.0 Å². The van der Waals surface area contributed by atoms with E-state index in [2.05, 4.69) is 5.32 Å². The van der Waals surface area contributed by atoms with Crippen molar-refractivity contribution in [1.82, 2.24) is 0 Å². The minimum Gasteiger partial charge on any atom is -0.496 e. The molecule has 2 rings (SSSR count). The predicted molar refractivity (Wildman–Crippen MR) is 70.1 cm³/mol. The summed E-state index contributed by atoms with van der Waals surface area (Å²) in [5.41, 5.74) is 2.90. The van der Waals surface area contributed by atoms with Crippen molar-refractivity contribution in [3.63, 3.8) is 0 Å². The summed E-state index contributed by atoms with van der Waals surface area (Å²) < 4.78 is 10.6. The Kier molecular flexibility index (Phi) is 3.87. The molecule has 1 aliphatic rings.